The molecule has 0 saturated heterocycles. The quantitative estimate of drug-likeness (QED) is 0.238. The Morgan fingerprint density at radius 3 is 1.74 bits per heavy atom. The molecule has 112 valence electrons. The second-order valence-electron chi connectivity index (χ2n) is 5.18. The predicted octanol–water partition coefficient (Wildman–Crippen LogP) is 6.09. The lowest BCUT2D eigenvalue weighted by Crippen LogP contribution is -1.92. The summed E-state index contributed by atoms with van der Waals surface area (Å²) in [6.45, 7) is 2.26. The summed E-state index contributed by atoms with van der Waals surface area (Å²) in [6, 6.07) is 0. The van der Waals surface area contributed by atoms with Gasteiger partial charge in [-0.25, -0.2) is 4.79 Å². The molecular weight excluding hydrogens is 351 g/mol. The predicted molar refractivity (Wildman–Crippen MR) is 90.8 cm³/mol. The second-order valence-corrected chi connectivity index (χ2v) is 6.34. The lowest BCUT2D eigenvalue weighted by atomic mass is 10.1. The van der Waals surface area contributed by atoms with Gasteiger partial charge < -0.3 is 5.11 Å². The lowest BCUT2D eigenvalue weighted by Gasteiger charge is -2.01. The first-order valence-electron chi connectivity index (χ1n) is 7.77. The molecule has 0 rings (SSSR count). The normalized spacial score (nSPS) is 11.8. The van der Waals surface area contributed by atoms with Gasteiger partial charge >= 0.3 is 5.97 Å². The summed E-state index contributed by atoms with van der Waals surface area (Å²) in [5, 5.41) is 8.68. The fourth-order valence-electron chi connectivity index (χ4n) is 2.12. The Hall–Kier alpha value is -0.0600. The third-order valence-corrected chi connectivity index (χ3v) is 4.24. The number of hydrogen-bond donors (Lipinski definition) is 1. The zero-order chi connectivity index (χ0) is 14.3. The molecule has 0 heterocycles. The summed E-state index contributed by atoms with van der Waals surface area (Å²) in [5.41, 5.74) is 0. The molecule has 1 N–H and O–H groups in total. The number of allylic oxidation sites excluding steroid dienone is 1. The van der Waals surface area contributed by atoms with Crippen molar-refractivity contribution in [1.82, 2.24) is 0 Å². The van der Waals surface area contributed by atoms with Gasteiger partial charge in [0.25, 0.3) is 0 Å². The molecule has 0 radical (unpaired) electrons. The molecule has 0 atom stereocenters. The van der Waals surface area contributed by atoms with Gasteiger partial charge in [0, 0.05) is 0 Å². The van der Waals surface area contributed by atoms with Crippen LogP contribution in [0.1, 0.15) is 84.0 Å². The van der Waals surface area contributed by atoms with Crippen LogP contribution in [0, 0.1) is 0 Å². The maximum Gasteiger partial charge on any atom is 0.341 e. The van der Waals surface area contributed by atoms with Gasteiger partial charge in [0.1, 0.15) is 0 Å². The van der Waals surface area contributed by atoms with Crippen LogP contribution in [0.2, 0.25) is 0 Å². The molecule has 0 spiro atoms. The maximum atomic E-state index is 10.6. The Morgan fingerprint density at radius 2 is 1.32 bits per heavy atom. The van der Waals surface area contributed by atoms with E-state index >= 15 is 0 Å². The highest BCUT2D eigenvalue weighted by atomic mass is 127. The van der Waals surface area contributed by atoms with Crippen molar-refractivity contribution >= 4 is 28.6 Å². The van der Waals surface area contributed by atoms with E-state index in [2.05, 4.69) is 6.92 Å². The third kappa shape index (κ3) is 14.2. The zero-order valence-corrected chi connectivity index (χ0v) is 14.5. The monoisotopic (exact) mass is 380 g/mol. The van der Waals surface area contributed by atoms with Gasteiger partial charge in [-0.15, -0.1) is 0 Å². The van der Waals surface area contributed by atoms with Crippen LogP contribution in [0.25, 0.3) is 0 Å². The molecule has 0 saturated carbocycles. The van der Waals surface area contributed by atoms with Crippen LogP contribution in [0.4, 0.5) is 0 Å². The van der Waals surface area contributed by atoms with E-state index in [9.17, 15) is 4.79 Å². The minimum atomic E-state index is -0.802. The van der Waals surface area contributed by atoms with Gasteiger partial charge in [-0.2, -0.15) is 0 Å². The Labute approximate surface area is 132 Å². The van der Waals surface area contributed by atoms with E-state index in [1.54, 1.807) is 0 Å². The van der Waals surface area contributed by atoms with Crippen LogP contribution < -0.4 is 0 Å². The van der Waals surface area contributed by atoms with E-state index in [1.165, 1.54) is 64.2 Å². The van der Waals surface area contributed by atoms with Gasteiger partial charge in [0.2, 0.25) is 0 Å². The number of halogens is 1. The zero-order valence-electron chi connectivity index (χ0n) is 12.3. The van der Waals surface area contributed by atoms with Crippen LogP contribution >= 0.6 is 22.6 Å². The van der Waals surface area contributed by atoms with Crippen molar-refractivity contribution < 1.29 is 9.90 Å². The molecule has 2 nitrogen and oxygen atoms in total. The van der Waals surface area contributed by atoms with Gasteiger partial charge in [-0.1, -0.05) is 77.2 Å². The van der Waals surface area contributed by atoms with E-state index in [1.807, 2.05) is 28.7 Å². The molecule has 0 bridgehead atoms. The van der Waals surface area contributed by atoms with Gasteiger partial charge in [-0.3, -0.25) is 0 Å². The van der Waals surface area contributed by atoms with Crippen LogP contribution in [0.3, 0.4) is 0 Å². The minimum Gasteiger partial charge on any atom is -0.477 e. The summed E-state index contributed by atoms with van der Waals surface area (Å²) in [5.74, 6) is -0.802. The average molecular weight is 380 g/mol. The fourth-order valence-corrected chi connectivity index (χ4v) is 2.44. The Morgan fingerprint density at radius 1 is 0.895 bits per heavy atom. The Balaban J connectivity index is 3.15. The Bertz CT molecular complexity index is 249. The van der Waals surface area contributed by atoms with Gasteiger partial charge in [0.15, 0.2) is 0 Å². The summed E-state index contributed by atoms with van der Waals surface area (Å²) in [4.78, 5) is 10.6. The Kier molecular flexibility index (Phi) is 14.3. The maximum absolute atomic E-state index is 10.6. The third-order valence-electron chi connectivity index (χ3n) is 3.34. The number of carboxylic acid groups (broad SMARTS) is 1. The van der Waals surface area contributed by atoms with Crippen molar-refractivity contribution in [2.75, 3.05) is 0 Å². The van der Waals surface area contributed by atoms with Crippen molar-refractivity contribution in [3.63, 3.8) is 0 Å². The van der Waals surface area contributed by atoms with Gasteiger partial charge in [-0.05, 0) is 35.4 Å². The summed E-state index contributed by atoms with van der Waals surface area (Å²) in [6.07, 6.45) is 17.4. The first kappa shape index (κ1) is 18.9. The number of hydrogen-bond acceptors (Lipinski definition) is 1. The molecule has 0 aromatic carbocycles. The molecular formula is C16H29IO2. The minimum absolute atomic E-state index is 0.449. The van der Waals surface area contributed by atoms with Crippen LogP contribution in [-0.2, 0) is 4.79 Å². The van der Waals surface area contributed by atoms with Crippen LogP contribution in [0.15, 0.2) is 9.66 Å². The highest BCUT2D eigenvalue weighted by molar-refractivity contribution is 14.1. The summed E-state index contributed by atoms with van der Waals surface area (Å²) in [7, 11) is 0. The van der Waals surface area contributed by atoms with Crippen molar-refractivity contribution in [3.8, 4) is 0 Å². The molecule has 0 fully saturated rings. The highest BCUT2D eigenvalue weighted by Gasteiger charge is 1.99. The number of carbonyl (C=O) groups is 1. The van der Waals surface area contributed by atoms with E-state index in [4.69, 9.17) is 5.11 Å². The van der Waals surface area contributed by atoms with Crippen molar-refractivity contribution in [3.05, 3.63) is 9.66 Å². The van der Waals surface area contributed by atoms with Crippen LogP contribution in [-0.4, -0.2) is 11.1 Å². The average Bonchev–Trinajstić information content (AvgIpc) is 2.39. The molecule has 0 aromatic rings. The molecule has 0 aliphatic carbocycles. The molecule has 19 heavy (non-hydrogen) atoms. The number of aliphatic carboxylic acids is 1. The molecule has 0 aliphatic rings. The molecule has 3 heteroatoms. The van der Waals surface area contributed by atoms with Crippen molar-refractivity contribution in [2.24, 2.45) is 0 Å². The number of rotatable bonds is 13. The highest BCUT2D eigenvalue weighted by Crippen LogP contribution is 2.13. The molecule has 0 aromatic heterocycles. The van der Waals surface area contributed by atoms with Crippen molar-refractivity contribution in [2.45, 2.75) is 84.0 Å². The van der Waals surface area contributed by atoms with Gasteiger partial charge in [0.05, 0.1) is 3.58 Å². The number of unbranched alkanes of at least 4 members (excludes halogenated alkanes) is 11. The van der Waals surface area contributed by atoms with E-state index in [0.29, 0.717) is 3.58 Å². The lowest BCUT2D eigenvalue weighted by molar-refractivity contribution is -0.131. The number of carboxylic acids is 1. The van der Waals surface area contributed by atoms with Crippen LogP contribution in [0.5, 0.6) is 0 Å². The van der Waals surface area contributed by atoms with E-state index in [-0.39, 0.29) is 0 Å². The largest absolute Gasteiger partial charge is 0.477 e. The summed E-state index contributed by atoms with van der Waals surface area (Å²) >= 11 is 1.89. The smallest absolute Gasteiger partial charge is 0.341 e. The van der Waals surface area contributed by atoms with Crippen molar-refractivity contribution in [1.29, 1.82) is 0 Å². The second kappa shape index (κ2) is 14.4. The molecule has 0 amide bonds. The first-order valence-corrected chi connectivity index (χ1v) is 8.85. The summed E-state index contributed by atoms with van der Waals surface area (Å²) < 4.78 is 0.449. The fraction of sp³-hybridized carbons (Fsp3) is 0.812. The molecule has 0 unspecified atom stereocenters. The van der Waals surface area contributed by atoms with E-state index < -0.39 is 5.97 Å². The first-order chi connectivity index (χ1) is 9.18. The standard InChI is InChI=1S/C16H29IO2/c1-2-3-4-5-6-7-8-9-10-11-12-13-14-15(17)16(18)19/h14H,2-13H2,1H3,(H,18,19). The SMILES string of the molecule is CCCCCCCCCCCCCC=C(I)C(=O)O. The topological polar surface area (TPSA) is 37.3 Å². The van der Waals surface area contributed by atoms with E-state index in [0.717, 1.165) is 12.8 Å². The molecule has 0 aliphatic heterocycles.